The minimum Gasteiger partial charge on any atom is -0.461 e. The fourth-order valence-corrected chi connectivity index (χ4v) is 6.62. The summed E-state index contributed by atoms with van der Waals surface area (Å²) < 4.78 is 28.9. The van der Waals surface area contributed by atoms with Gasteiger partial charge in [0, 0.05) is 29.3 Å². The second-order valence-corrected chi connectivity index (χ2v) is 13.0. The Morgan fingerprint density at radius 1 is 1.15 bits per heavy atom. The van der Waals surface area contributed by atoms with Crippen LogP contribution >= 0.6 is 0 Å². The van der Waals surface area contributed by atoms with Gasteiger partial charge in [-0.15, -0.1) is 0 Å². The number of primary amides is 1. The van der Waals surface area contributed by atoms with Crippen molar-refractivity contribution in [2.45, 2.75) is 104 Å². The molecule has 3 aliphatic rings. The van der Waals surface area contributed by atoms with Crippen molar-refractivity contribution in [3.05, 3.63) is 46.0 Å². The van der Waals surface area contributed by atoms with Crippen LogP contribution in [-0.4, -0.2) is 40.4 Å². The van der Waals surface area contributed by atoms with E-state index in [4.69, 9.17) is 20.9 Å². The van der Waals surface area contributed by atoms with Gasteiger partial charge in [-0.05, 0) is 62.0 Å². The predicted octanol–water partition coefficient (Wildman–Crippen LogP) is 4.54. The number of carbonyl (C=O) groups excluding carboxylic acids is 3. The summed E-state index contributed by atoms with van der Waals surface area (Å²) in [6.07, 6.45) is 4.01. The Kier molecular flexibility index (Phi) is 8.00. The van der Waals surface area contributed by atoms with Gasteiger partial charge in [-0.3, -0.25) is 14.4 Å². The van der Waals surface area contributed by atoms with Crippen molar-refractivity contribution in [3.63, 3.8) is 0 Å². The van der Waals surface area contributed by atoms with Crippen molar-refractivity contribution < 1.29 is 28.2 Å². The maximum absolute atomic E-state index is 15.6. The average molecular weight is 569 g/mol. The number of nitrogens with one attached hydrogen (secondary N) is 1. The van der Waals surface area contributed by atoms with Crippen LogP contribution in [0.25, 0.3) is 5.69 Å². The molecular weight excluding hydrogens is 527 g/mol. The van der Waals surface area contributed by atoms with Crippen molar-refractivity contribution in [1.29, 1.82) is 0 Å². The van der Waals surface area contributed by atoms with E-state index in [2.05, 4.69) is 19.2 Å². The lowest BCUT2D eigenvalue weighted by molar-refractivity contribution is -0.152. The van der Waals surface area contributed by atoms with Crippen LogP contribution in [0.3, 0.4) is 0 Å². The molecule has 1 atom stereocenters. The number of ether oxygens (including phenoxy) is 2. The second kappa shape index (κ2) is 11.2. The molecule has 222 valence electrons. The molecule has 0 radical (unpaired) electrons. The summed E-state index contributed by atoms with van der Waals surface area (Å²) in [5, 5.41) is 3.35. The number of carbonyl (C=O) groups is 3. The first-order valence-corrected chi connectivity index (χ1v) is 14.6. The number of hydrogen-bond acceptors (Lipinski definition) is 7. The van der Waals surface area contributed by atoms with Gasteiger partial charge in [-0.1, -0.05) is 27.7 Å². The molecule has 10 heteroatoms. The third kappa shape index (κ3) is 5.90. The number of esters is 1. The van der Waals surface area contributed by atoms with Crippen molar-refractivity contribution in [2.24, 2.45) is 22.8 Å². The summed E-state index contributed by atoms with van der Waals surface area (Å²) in [5.41, 5.74) is 15.3. The first-order valence-electron chi connectivity index (χ1n) is 14.6. The molecule has 1 aliphatic heterocycles. The fraction of sp³-hybridized carbons (Fsp3) is 0.581. The quantitative estimate of drug-likeness (QED) is 0.398. The van der Waals surface area contributed by atoms with Crippen LogP contribution in [0.15, 0.2) is 12.1 Å². The minimum atomic E-state index is -0.863. The van der Waals surface area contributed by atoms with E-state index in [1.807, 2.05) is 18.4 Å². The molecule has 0 unspecified atom stereocenters. The molecule has 1 aromatic carbocycles. The average Bonchev–Trinajstić information content (AvgIpc) is 3.43. The molecule has 0 saturated heterocycles. The number of fused-ring (bicyclic) bond motifs is 3. The van der Waals surface area contributed by atoms with Gasteiger partial charge in [0.2, 0.25) is 0 Å². The molecule has 2 aromatic rings. The normalized spacial score (nSPS) is 22.3. The highest BCUT2D eigenvalue weighted by atomic mass is 19.1. The highest BCUT2D eigenvalue weighted by molar-refractivity contribution is 6.01. The number of ketones is 1. The topological polar surface area (TPSA) is 139 Å². The Bertz CT molecular complexity index is 1370. The molecule has 41 heavy (non-hydrogen) atoms. The molecule has 1 saturated carbocycles. The summed E-state index contributed by atoms with van der Waals surface area (Å²) in [6.45, 7) is 8.80. The third-order valence-electron chi connectivity index (χ3n) is 8.45. The number of benzene rings is 1. The van der Waals surface area contributed by atoms with E-state index in [9.17, 15) is 14.4 Å². The van der Waals surface area contributed by atoms with Gasteiger partial charge in [0.15, 0.2) is 5.78 Å². The molecule has 2 heterocycles. The second-order valence-electron chi connectivity index (χ2n) is 13.0. The summed E-state index contributed by atoms with van der Waals surface area (Å²) >= 11 is 0. The lowest BCUT2D eigenvalue weighted by Crippen LogP contribution is -2.38. The van der Waals surface area contributed by atoms with Gasteiger partial charge in [0.05, 0.1) is 35.8 Å². The zero-order chi connectivity index (χ0) is 29.6. The number of rotatable bonds is 8. The van der Waals surface area contributed by atoms with E-state index in [1.165, 1.54) is 6.07 Å². The molecule has 0 spiro atoms. The molecule has 1 fully saturated rings. The van der Waals surface area contributed by atoms with E-state index < -0.39 is 17.8 Å². The van der Waals surface area contributed by atoms with Crippen molar-refractivity contribution in [3.8, 4) is 5.69 Å². The Labute approximate surface area is 240 Å². The molecule has 5 N–H and O–H groups in total. The number of nitrogens with zero attached hydrogens (tertiary/aromatic N) is 1. The van der Waals surface area contributed by atoms with Crippen molar-refractivity contribution in [2.75, 3.05) is 5.32 Å². The first-order chi connectivity index (χ1) is 19.3. The van der Waals surface area contributed by atoms with Crippen molar-refractivity contribution >= 4 is 23.3 Å². The van der Waals surface area contributed by atoms with Crippen LogP contribution in [0, 0.1) is 17.2 Å². The number of Topliss-reactive ketones (excluding diaryl/α,β-unsaturated/α-hetero) is 1. The summed E-state index contributed by atoms with van der Waals surface area (Å²) in [4.78, 5) is 37.9. The first kappa shape index (κ1) is 29.3. The number of anilines is 1. The molecule has 0 bridgehead atoms. The van der Waals surface area contributed by atoms with E-state index in [-0.39, 0.29) is 34.9 Å². The number of aromatic nitrogens is 1. The number of hydrogen-bond donors (Lipinski definition) is 3. The van der Waals surface area contributed by atoms with Crippen LogP contribution in [0.5, 0.6) is 0 Å². The third-order valence-corrected chi connectivity index (χ3v) is 8.45. The highest BCUT2D eigenvalue weighted by Crippen LogP contribution is 2.43. The van der Waals surface area contributed by atoms with E-state index in [1.54, 1.807) is 6.07 Å². The van der Waals surface area contributed by atoms with Gasteiger partial charge in [-0.25, -0.2) is 4.39 Å². The highest BCUT2D eigenvalue weighted by Gasteiger charge is 2.39. The van der Waals surface area contributed by atoms with E-state index >= 15 is 4.39 Å². The number of amides is 1. The molecule has 1 aromatic heterocycles. The van der Waals surface area contributed by atoms with E-state index in [0.717, 1.165) is 17.0 Å². The van der Waals surface area contributed by atoms with Crippen molar-refractivity contribution in [1.82, 2.24) is 4.57 Å². The van der Waals surface area contributed by atoms with Gasteiger partial charge in [0.1, 0.15) is 18.0 Å². The van der Waals surface area contributed by atoms with Crippen LogP contribution in [0.4, 0.5) is 10.1 Å². The lowest BCUT2D eigenvalue weighted by Gasteiger charge is -2.31. The van der Waals surface area contributed by atoms with Gasteiger partial charge >= 0.3 is 5.97 Å². The zero-order valence-electron chi connectivity index (χ0n) is 24.3. The maximum Gasteiger partial charge on any atom is 0.323 e. The van der Waals surface area contributed by atoms with Gasteiger partial charge in [0.25, 0.3) is 5.91 Å². The summed E-state index contributed by atoms with van der Waals surface area (Å²) in [5.74, 6) is -1.60. The number of halogens is 1. The van der Waals surface area contributed by atoms with Gasteiger partial charge in [-0.2, -0.15) is 0 Å². The smallest absolute Gasteiger partial charge is 0.323 e. The monoisotopic (exact) mass is 568 g/mol. The fourth-order valence-electron chi connectivity index (χ4n) is 6.62. The lowest BCUT2D eigenvalue weighted by atomic mass is 9.75. The standard InChI is InChI=1S/C31H41FN4O5/c1-16(2)9-22(33)30(39)41-19-7-5-17(6-8-19)35-23-11-18(10-21(32)28(23)29(34)38)36-24-12-31(3,4)13-26(37)27(24)20-14-40-15-25(20)36/h10-11,16-17,19,22,35H,5-9,12-15,33H2,1-4H3,(H2,34,38)/t17-,19-,22-/m0/s1. The zero-order valence-corrected chi connectivity index (χ0v) is 24.3. The Balaban J connectivity index is 1.40. The predicted molar refractivity (Wildman–Crippen MR) is 152 cm³/mol. The maximum atomic E-state index is 15.6. The number of nitrogens with two attached hydrogens (primary N) is 2. The SMILES string of the molecule is CC(C)C[C@H](N)C(=O)O[C@H]1CC[C@H](Nc2cc(-n3c4c(c5c3CC(C)(C)CC5=O)COC4)cc(F)c2C(N)=O)CC1. The van der Waals surface area contributed by atoms with Gasteiger partial charge < -0.3 is 30.8 Å². The largest absolute Gasteiger partial charge is 0.461 e. The molecular formula is C31H41FN4O5. The Hall–Kier alpha value is -3.24. The summed E-state index contributed by atoms with van der Waals surface area (Å²) in [6, 6.07) is 2.34. The van der Waals surface area contributed by atoms with E-state index in [0.29, 0.717) is 81.0 Å². The van der Waals surface area contributed by atoms with Crippen LogP contribution in [-0.2, 0) is 33.9 Å². The Morgan fingerprint density at radius 3 is 2.51 bits per heavy atom. The molecule has 1 amide bonds. The Morgan fingerprint density at radius 2 is 1.85 bits per heavy atom. The van der Waals surface area contributed by atoms with Crippen LogP contribution in [0.1, 0.15) is 104 Å². The minimum absolute atomic E-state index is 0.0739. The van der Waals surface area contributed by atoms with Crippen LogP contribution in [0.2, 0.25) is 0 Å². The molecule has 2 aliphatic carbocycles. The molecule has 9 nitrogen and oxygen atoms in total. The molecule has 5 rings (SSSR count). The summed E-state index contributed by atoms with van der Waals surface area (Å²) in [7, 11) is 0. The van der Waals surface area contributed by atoms with Crippen LogP contribution < -0.4 is 16.8 Å².